The number of nitrogens with one attached hydrogen (secondary N) is 2. The van der Waals surface area contributed by atoms with E-state index in [1.165, 1.54) is 0 Å². The number of hydrogen-bond acceptors (Lipinski definition) is 4. The second-order valence-corrected chi connectivity index (χ2v) is 13.0. The molecule has 0 fully saturated rings. The van der Waals surface area contributed by atoms with E-state index in [0.29, 0.717) is 36.2 Å². The highest BCUT2D eigenvalue weighted by molar-refractivity contribution is 6.00. The predicted octanol–water partition coefficient (Wildman–Crippen LogP) is 8.63. The molecule has 0 aliphatic heterocycles. The Labute approximate surface area is 275 Å². The Morgan fingerprint density at radius 1 is 0.891 bits per heavy atom. The average Bonchev–Trinajstić information content (AvgIpc) is 3.03. The summed E-state index contributed by atoms with van der Waals surface area (Å²) in [4.78, 5) is 43.7. The largest absolute Gasteiger partial charge is 0.444 e. The predicted molar refractivity (Wildman–Crippen MR) is 187 cm³/mol. The number of terminal acetylenes is 1. The molecule has 0 aliphatic rings. The summed E-state index contributed by atoms with van der Waals surface area (Å²) in [6.45, 7) is 11.7. The third-order valence-electron chi connectivity index (χ3n) is 8.17. The van der Waals surface area contributed by atoms with Gasteiger partial charge in [0.25, 0.3) is 5.91 Å². The maximum atomic E-state index is 14.7. The van der Waals surface area contributed by atoms with Crippen LogP contribution in [0.5, 0.6) is 0 Å². The molecule has 3 aromatic rings. The molecular formula is C39H51N3O4. The van der Waals surface area contributed by atoms with Gasteiger partial charge in [0.05, 0.1) is 0 Å². The monoisotopic (exact) mass is 625 g/mol. The minimum atomic E-state index is -1.03. The van der Waals surface area contributed by atoms with Crippen LogP contribution in [0.2, 0.25) is 0 Å². The van der Waals surface area contributed by atoms with Crippen LogP contribution in [0.25, 0.3) is 10.8 Å². The molecule has 0 aromatic heterocycles. The highest BCUT2D eigenvalue weighted by atomic mass is 16.6. The van der Waals surface area contributed by atoms with E-state index < -0.39 is 23.8 Å². The van der Waals surface area contributed by atoms with E-state index in [2.05, 4.69) is 23.5 Å². The van der Waals surface area contributed by atoms with Crippen LogP contribution in [0.1, 0.15) is 104 Å². The fraction of sp³-hybridized carbons (Fsp3) is 0.462. The van der Waals surface area contributed by atoms with Crippen LogP contribution < -0.4 is 10.6 Å². The summed E-state index contributed by atoms with van der Waals surface area (Å²) in [7, 11) is 0. The van der Waals surface area contributed by atoms with Crippen molar-refractivity contribution >= 4 is 34.4 Å². The summed E-state index contributed by atoms with van der Waals surface area (Å²) >= 11 is 0. The fourth-order valence-corrected chi connectivity index (χ4v) is 5.52. The number of hydrogen-bond donors (Lipinski definition) is 2. The number of amides is 3. The molecule has 0 aliphatic carbocycles. The van der Waals surface area contributed by atoms with Crippen molar-refractivity contribution in [2.75, 3.05) is 11.9 Å². The first-order valence-corrected chi connectivity index (χ1v) is 16.6. The third kappa shape index (κ3) is 10.4. The van der Waals surface area contributed by atoms with Gasteiger partial charge in [0.15, 0.2) is 0 Å². The van der Waals surface area contributed by atoms with Crippen molar-refractivity contribution in [1.29, 1.82) is 0 Å². The Morgan fingerprint density at radius 3 is 2.22 bits per heavy atom. The van der Waals surface area contributed by atoms with Gasteiger partial charge >= 0.3 is 6.09 Å². The van der Waals surface area contributed by atoms with Crippen molar-refractivity contribution in [2.24, 2.45) is 5.92 Å². The van der Waals surface area contributed by atoms with Crippen molar-refractivity contribution in [3.63, 3.8) is 0 Å². The summed E-state index contributed by atoms with van der Waals surface area (Å²) in [5.74, 6) is 1.77. The van der Waals surface area contributed by atoms with Gasteiger partial charge in [-0.15, -0.1) is 6.42 Å². The van der Waals surface area contributed by atoms with E-state index in [1.54, 1.807) is 37.8 Å². The van der Waals surface area contributed by atoms with Gasteiger partial charge in [-0.3, -0.25) is 9.59 Å². The molecule has 0 saturated carbocycles. The van der Waals surface area contributed by atoms with Crippen LogP contribution in [0.4, 0.5) is 10.5 Å². The first-order chi connectivity index (χ1) is 22.0. The van der Waals surface area contributed by atoms with Gasteiger partial charge in [0.2, 0.25) is 5.91 Å². The summed E-state index contributed by atoms with van der Waals surface area (Å²) in [6.07, 6.45) is 12.0. The van der Waals surface area contributed by atoms with Gasteiger partial charge in [0.1, 0.15) is 17.7 Å². The quantitative estimate of drug-likeness (QED) is 0.131. The van der Waals surface area contributed by atoms with Crippen molar-refractivity contribution in [1.82, 2.24) is 10.2 Å². The number of ether oxygens (including phenoxy) is 1. The SMILES string of the molecule is C#Cc1ccccc1C(C(=O)Nc1ccc2ccccc2c1)N(CCCCCCCC)C(=O)C(NC(=O)OC(C)(C)C)C(C)CC. The molecular weight excluding hydrogens is 574 g/mol. The molecule has 3 rings (SSSR count). The van der Waals surface area contributed by atoms with Crippen molar-refractivity contribution in [3.05, 3.63) is 77.9 Å². The van der Waals surface area contributed by atoms with E-state index >= 15 is 0 Å². The van der Waals surface area contributed by atoms with E-state index in [9.17, 15) is 14.4 Å². The number of rotatable bonds is 15. The standard InChI is InChI=1S/C39H51N3O4/c1-8-11-12-13-14-19-26-42(37(44)34(28(4)9-2)41-38(45)46-39(5,6)7)35(33-23-18-17-20-29(33)10-3)36(43)40-32-25-24-30-21-15-16-22-31(30)27-32/h3,15-18,20-25,27-28,34-35H,8-9,11-14,19,26H2,1-2,4-7H3,(H,40,43)(H,41,45). The summed E-state index contributed by atoms with van der Waals surface area (Å²) in [5.41, 5.74) is 0.966. The lowest BCUT2D eigenvalue weighted by molar-refractivity contribution is -0.142. The minimum Gasteiger partial charge on any atom is -0.444 e. The molecule has 2 N–H and O–H groups in total. The van der Waals surface area contributed by atoms with Gasteiger partial charge < -0.3 is 20.3 Å². The van der Waals surface area contributed by atoms with Crippen molar-refractivity contribution < 1.29 is 19.1 Å². The van der Waals surface area contributed by atoms with Gasteiger partial charge in [-0.2, -0.15) is 0 Å². The Morgan fingerprint density at radius 2 is 1.54 bits per heavy atom. The zero-order valence-corrected chi connectivity index (χ0v) is 28.4. The molecule has 0 spiro atoms. The second-order valence-electron chi connectivity index (χ2n) is 13.0. The molecule has 0 bridgehead atoms. The Bertz CT molecular complexity index is 1500. The zero-order chi connectivity index (χ0) is 33.7. The summed E-state index contributed by atoms with van der Waals surface area (Å²) in [5, 5.41) is 7.96. The Balaban J connectivity index is 2.07. The van der Waals surface area contributed by atoms with Crippen LogP contribution in [0.15, 0.2) is 66.7 Å². The molecule has 0 saturated heterocycles. The molecule has 3 aromatic carbocycles. The summed E-state index contributed by atoms with van der Waals surface area (Å²) in [6, 6.07) is 19.0. The lowest BCUT2D eigenvalue weighted by Gasteiger charge is -2.36. The number of benzene rings is 3. The van der Waals surface area contributed by atoms with Crippen molar-refractivity contribution in [2.45, 2.75) is 104 Å². The van der Waals surface area contributed by atoms with Crippen LogP contribution in [0.3, 0.4) is 0 Å². The van der Waals surface area contributed by atoms with E-state index in [1.807, 2.05) is 68.4 Å². The number of nitrogens with zero attached hydrogens (tertiary/aromatic N) is 1. The Kier molecular flexibility index (Phi) is 13.7. The first-order valence-electron chi connectivity index (χ1n) is 16.6. The number of anilines is 1. The molecule has 7 heteroatoms. The lowest BCUT2D eigenvalue weighted by Crippen LogP contribution is -2.55. The van der Waals surface area contributed by atoms with Gasteiger partial charge in [-0.05, 0) is 67.6 Å². The van der Waals surface area contributed by atoms with Gasteiger partial charge in [0, 0.05) is 17.8 Å². The zero-order valence-electron chi connectivity index (χ0n) is 28.4. The highest BCUT2D eigenvalue weighted by Crippen LogP contribution is 2.30. The number of unbranched alkanes of at least 4 members (excludes halogenated alkanes) is 5. The maximum Gasteiger partial charge on any atom is 0.408 e. The third-order valence-corrected chi connectivity index (χ3v) is 8.17. The topological polar surface area (TPSA) is 87.7 Å². The lowest BCUT2D eigenvalue weighted by atomic mass is 9.93. The molecule has 0 radical (unpaired) electrons. The molecule has 3 unspecified atom stereocenters. The summed E-state index contributed by atoms with van der Waals surface area (Å²) < 4.78 is 5.55. The molecule has 3 amide bonds. The van der Waals surface area contributed by atoms with E-state index in [4.69, 9.17) is 11.2 Å². The highest BCUT2D eigenvalue weighted by Gasteiger charge is 2.38. The van der Waals surface area contributed by atoms with Crippen LogP contribution >= 0.6 is 0 Å². The number of carbonyl (C=O) groups is 3. The molecule has 7 nitrogen and oxygen atoms in total. The van der Waals surface area contributed by atoms with Gasteiger partial charge in [-0.1, -0.05) is 114 Å². The average molecular weight is 626 g/mol. The molecule has 246 valence electrons. The van der Waals surface area contributed by atoms with E-state index in [0.717, 1.165) is 42.9 Å². The van der Waals surface area contributed by atoms with E-state index in [-0.39, 0.29) is 17.7 Å². The smallest absolute Gasteiger partial charge is 0.408 e. The fourth-order valence-electron chi connectivity index (χ4n) is 5.52. The van der Waals surface area contributed by atoms with Crippen LogP contribution in [0, 0.1) is 18.3 Å². The minimum absolute atomic E-state index is 0.223. The van der Waals surface area contributed by atoms with Gasteiger partial charge in [-0.25, -0.2) is 4.79 Å². The molecule has 3 atom stereocenters. The number of fused-ring (bicyclic) bond motifs is 1. The Hall–Kier alpha value is -4.31. The van der Waals surface area contributed by atoms with Crippen LogP contribution in [-0.4, -0.2) is 41.0 Å². The second kappa shape index (κ2) is 17.4. The molecule has 46 heavy (non-hydrogen) atoms. The van der Waals surface area contributed by atoms with Crippen LogP contribution in [-0.2, 0) is 14.3 Å². The molecule has 0 heterocycles. The van der Waals surface area contributed by atoms with Crippen molar-refractivity contribution in [3.8, 4) is 12.3 Å². The maximum absolute atomic E-state index is 14.7. The normalized spacial score (nSPS) is 13.2. The first kappa shape index (κ1) is 36.2. The number of alkyl carbamates (subject to hydrolysis) is 1. The number of carbonyl (C=O) groups excluding carboxylic acids is 3.